The molecule has 0 radical (unpaired) electrons. The smallest absolute Gasteiger partial charge is 0.248 e. The van der Waals surface area contributed by atoms with E-state index in [2.05, 4.69) is 4.98 Å². The van der Waals surface area contributed by atoms with Gasteiger partial charge in [-0.25, -0.2) is 4.98 Å². The first-order valence-corrected chi connectivity index (χ1v) is 8.50. The van der Waals surface area contributed by atoms with Crippen LogP contribution in [0.3, 0.4) is 0 Å². The van der Waals surface area contributed by atoms with Gasteiger partial charge in [0.1, 0.15) is 6.61 Å². The van der Waals surface area contributed by atoms with Crippen LogP contribution in [0.1, 0.15) is 30.0 Å². The molecule has 0 unspecified atom stereocenters. The molecule has 0 aliphatic carbocycles. The number of hydrogen-bond donors (Lipinski definition) is 1. The van der Waals surface area contributed by atoms with Gasteiger partial charge in [0.25, 0.3) is 0 Å². The first kappa shape index (κ1) is 17.5. The molecule has 0 bridgehead atoms. The van der Waals surface area contributed by atoms with Gasteiger partial charge in [-0.15, -0.1) is 0 Å². The molecule has 1 amide bonds. The zero-order valence-electron chi connectivity index (χ0n) is 14.4. The van der Waals surface area contributed by atoms with Gasteiger partial charge in [-0.05, 0) is 18.4 Å². The van der Waals surface area contributed by atoms with Gasteiger partial charge in [0.15, 0.2) is 0 Å². The molecule has 1 fully saturated rings. The molecular formula is C19H23N3O3. The van der Waals surface area contributed by atoms with Crippen LogP contribution >= 0.6 is 0 Å². The first-order chi connectivity index (χ1) is 12.2. The number of carbonyl (C=O) groups is 1. The number of ether oxygens (including phenoxy) is 1. The molecule has 6 heteroatoms. The van der Waals surface area contributed by atoms with Gasteiger partial charge in [0.2, 0.25) is 5.91 Å². The van der Waals surface area contributed by atoms with Crippen LogP contribution in [-0.4, -0.2) is 52.7 Å². The van der Waals surface area contributed by atoms with E-state index in [1.807, 2.05) is 29.2 Å². The maximum Gasteiger partial charge on any atom is 0.248 e. The number of piperidine rings is 1. The average Bonchev–Trinajstić information content (AvgIpc) is 2.68. The summed E-state index contributed by atoms with van der Waals surface area (Å²) < 4.78 is 4.96. The van der Waals surface area contributed by atoms with Gasteiger partial charge in [-0.1, -0.05) is 24.3 Å². The molecule has 3 rings (SSSR count). The third-order valence-corrected chi connectivity index (χ3v) is 4.55. The maximum absolute atomic E-state index is 12.1. The van der Waals surface area contributed by atoms with Crippen molar-refractivity contribution in [2.24, 2.45) is 0 Å². The quantitative estimate of drug-likeness (QED) is 0.900. The fourth-order valence-electron chi connectivity index (χ4n) is 3.16. The number of amides is 1. The maximum atomic E-state index is 12.1. The van der Waals surface area contributed by atoms with Gasteiger partial charge in [-0.3, -0.25) is 9.78 Å². The third kappa shape index (κ3) is 4.21. The highest BCUT2D eigenvalue weighted by atomic mass is 16.5. The van der Waals surface area contributed by atoms with Crippen molar-refractivity contribution in [2.45, 2.75) is 25.4 Å². The molecule has 1 saturated heterocycles. The second-order valence-corrected chi connectivity index (χ2v) is 6.30. The summed E-state index contributed by atoms with van der Waals surface area (Å²) in [4.78, 5) is 23.0. The lowest BCUT2D eigenvalue weighted by atomic mass is 9.94. The highest BCUT2D eigenvalue weighted by Crippen LogP contribution is 2.27. The number of aliphatic hydroxyl groups is 1. The lowest BCUT2D eigenvalue weighted by Crippen LogP contribution is -2.41. The number of hydrogen-bond acceptors (Lipinski definition) is 5. The van der Waals surface area contributed by atoms with Crippen molar-refractivity contribution in [2.75, 3.05) is 26.8 Å². The van der Waals surface area contributed by atoms with E-state index in [0.717, 1.165) is 41.9 Å². The van der Waals surface area contributed by atoms with E-state index in [9.17, 15) is 4.79 Å². The number of methoxy groups -OCH3 is 1. The van der Waals surface area contributed by atoms with Crippen LogP contribution in [0, 0.1) is 0 Å². The molecule has 1 aliphatic rings. The fourth-order valence-corrected chi connectivity index (χ4v) is 3.16. The molecule has 0 spiro atoms. The molecule has 1 N–H and O–H groups in total. The van der Waals surface area contributed by atoms with E-state index < -0.39 is 0 Å². The molecule has 2 aromatic rings. The van der Waals surface area contributed by atoms with Crippen molar-refractivity contribution >= 4 is 5.91 Å². The Morgan fingerprint density at radius 3 is 2.84 bits per heavy atom. The van der Waals surface area contributed by atoms with E-state index in [1.54, 1.807) is 12.4 Å². The number of aromatic nitrogens is 2. The minimum absolute atomic E-state index is 0.0240. The molecule has 0 saturated carbocycles. The minimum atomic E-state index is 0.0240. The Balaban J connectivity index is 1.77. The summed E-state index contributed by atoms with van der Waals surface area (Å²) in [7, 11) is 1.54. The normalized spacial score (nSPS) is 17.5. The Hall–Kier alpha value is -2.31. The lowest BCUT2D eigenvalue weighted by Gasteiger charge is -2.32. The van der Waals surface area contributed by atoms with E-state index in [-0.39, 0.29) is 25.0 Å². The molecule has 2 heterocycles. The van der Waals surface area contributed by atoms with Crippen molar-refractivity contribution in [3.63, 3.8) is 0 Å². The van der Waals surface area contributed by atoms with E-state index in [0.29, 0.717) is 6.54 Å². The summed E-state index contributed by atoms with van der Waals surface area (Å²) in [5.74, 6) is 0.217. The summed E-state index contributed by atoms with van der Waals surface area (Å²) in [5, 5.41) is 9.15. The third-order valence-electron chi connectivity index (χ3n) is 4.55. The Morgan fingerprint density at radius 1 is 1.32 bits per heavy atom. The fraction of sp³-hybridized carbons (Fsp3) is 0.421. The minimum Gasteiger partial charge on any atom is -0.392 e. The summed E-state index contributed by atoms with van der Waals surface area (Å²) in [5.41, 5.74) is 3.56. The van der Waals surface area contributed by atoms with Gasteiger partial charge in [0.05, 0.1) is 24.2 Å². The largest absolute Gasteiger partial charge is 0.392 e. The van der Waals surface area contributed by atoms with E-state index in [1.165, 1.54) is 7.11 Å². The van der Waals surface area contributed by atoms with Crippen molar-refractivity contribution in [3.8, 4) is 11.3 Å². The van der Waals surface area contributed by atoms with Crippen LogP contribution in [0.25, 0.3) is 11.3 Å². The number of rotatable bonds is 5. The second-order valence-electron chi connectivity index (χ2n) is 6.30. The Morgan fingerprint density at radius 2 is 2.12 bits per heavy atom. The highest BCUT2D eigenvalue weighted by Gasteiger charge is 2.25. The van der Waals surface area contributed by atoms with Crippen molar-refractivity contribution in [1.82, 2.24) is 14.9 Å². The van der Waals surface area contributed by atoms with Gasteiger partial charge < -0.3 is 14.7 Å². The molecule has 1 aliphatic heterocycles. The Kier molecular flexibility index (Phi) is 5.73. The predicted molar refractivity (Wildman–Crippen MR) is 93.8 cm³/mol. The standard InChI is InChI=1S/C19H23N3O3/c1-25-13-19(24)22-8-2-3-16(11-22)18-10-20-9-17(21-18)15-6-4-14(12-23)5-7-15/h4-7,9-10,16,23H,2-3,8,11-13H2,1H3/t16-/m0/s1. The van der Waals surface area contributed by atoms with Crippen molar-refractivity contribution in [3.05, 3.63) is 47.9 Å². The Labute approximate surface area is 147 Å². The number of nitrogens with zero attached hydrogens (tertiary/aromatic N) is 3. The molecule has 1 atom stereocenters. The second kappa shape index (κ2) is 8.18. The predicted octanol–water partition coefficient (Wildman–Crippen LogP) is 1.99. The molecular weight excluding hydrogens is 318 g/mol. The molecule has 6 nitrogen and oxygen atoms in total. The molecule has 1 aromatic heterocycles. The number of carbonyl (C=O) groups excluding carboxylic acids is 1. The topological polar surface area (TPSA) is 75.5 Å². The zero-order chi connectivity index (χ0) is 17.6. The average molecular weight is 341 g/mol. The highest BCUT2D eigenvalue weighted by molar-refractivity contribution is 5.77. The van der Waals surface area contributed by atoms with Crippen LogP contribution in [0.4, 0.5) is 0 Å². The zero-order valence-corrected chi connectivity index (χ0v) is 14.4. The monoisotopic (exact) mass is 341 g/mol. The molecule has 1 aromatic carbocycles. The van der Waals surface area contributed by atoms with Crippen molar-refractivity contribution in [1.29, 1.82) is 0 Å². The van der Waals surface area contributed by atoms with Gasteiger partial charge >= 0.3 is 0 Å². The van der Waals surface area contributed by atoms with Crippen LogP contribution in [-0.2, 0) is 16.1 Å². The number of aliphatic hydroxyl groups excluding tert-OH is 1. The van der Waals surface area contributed by atoms with Crippen LogP contribution in [0.2, 0.25) is 0 Å². The summed E-state index contributed by atoms with van der Waals surface area (Å²) in [6, 6.07) is 7.65. The van der Waals surface area contributed by atoms with E-state index >= 15 is 0 Å². The summed E-state index contributed by atoms with van der Waals surface area (Å²) in [6.45, 7) is 1.58. The molecule has 25 heavy (non-hydrogen) atoms. The summed E-state index contributed by atoms with van der Waals surface area (Å²) in [6.07, 6.45) is 5.49. The summed E-state index contributed by atoms with van der Waals surface area (Å²) >= 11 is 0. The van der Waals surface area contributed by atoms with E-state index in [4.69, 9.17) is 14.8 Å². The molecule has 132 valence electrons. The van der Waals surface area contributed by atoms with Gasteiger partial charge in [-0.2, -0.15) is 0 Å². The Bertz CT molecular complexity index is 718. The SMILES string of the molecule is COCC(=O)N1CCC[C@H](c2cncc(-c3ccc(CO)cc3)n2)C1. The lowest BCUT2D eigenvalue weighted by molar-refractivity contribution is -0.136. The van der Waals surface area contributed by atoms with Gasteiger partial charge in [0, 0.05) is 37.9 Å². The van der Waals surface area contributed by atoms with Crippen LogP contribution < -0.4 is 0 Å². The first-order valence-electron chi connectivity index (χ1n) is 8.50. The number of benzene rings is 1. The van der Waals surface area contributed by atoms with Crippen LogP contribution in [0.15, 0.2) is 36.7 Å². The number of likely N-dealkylation sites (tertiary alicyclic amines) is 1. The van der Waals surface area contributed by atoms with Crippen LogP contribution in [0.5, 0.6) is 0 Å². The van der Waals surface area contributed by atoms with Crippen molar-refractivity contribution < 1.29 is 14.6 Å².